The number of hydrogen-bond donors (Lipinski definition) is 0. The fourth-order valence-corrected chi connectivity index (χ4v) is 4.79. The van der Waals surface area contributed by atoms with Gasteiger partial charge < -0.3 is 28.4 Å². The van der Waals surface area contributed by atoms with Crippen LogP contribution in [0, 0.1) is 0 Å². The van der Waals surface area contributed by atoms with Crippen LogP contribution in [0.2, 0.25) is 0 Å². The van der Waals surface area contributed by atoms with E-state index < -0.39 is 0 Å². The third-order valence-electron chi connectivity index (χ3n) is 6.65. The van der Waals surface area contributed by atoms with Gasteiger partial charge in [-0.25, -0.2) is 15.0 Å². The molecule has 0 saturated heterocycles. The minimum Gasteiger partial charge on any atom is -0.475 e. The molecule has 0 fully saturated rings. The van der Waals surface area contributed by atoms with E-state index in [2.05, 4.69) is 15.0 Å². The lowest BCUT2D eigenvalue weighted by atomic mass is 10.2. The van der Waals surface area contributed by atoms with Crippen LogP contribution in [0.1, 0.15) is 16.7 Å². The molecule has 3 aliphatic rings. The number of aliphatic imine (C=N–C) groups is 3. The van der Waals surface area contributed by atoms with Gasteiger partial charge in [0.2, 0.25) is 17.7 Å². The second-order valence-electron chi connectivity index (χ2n) is 9.54. The average molecular weight is 562 g/mol. The van der Waals surface area contributed by atoms with Crippen LogP contribution in [0.15, 0.2) is 106 Å². The van der Waals surface area contributed by atoms with Crippen molar-refractivity contribution in [1.82, 2.24) is 0 Å². The number of ether oxygens (including phenoxy) is 6. The van der Waals surface area contributed by atoms with E-state index in [1.807, 2.05) is 91.0 Å². The number of nitrogens with zero attached hydrogens (tertiary/aromatic N) is 3. The first kappa shape index (κ1) is 25.6. The van der Waals surface area contributed by atoms with Crippen LogP contribution in [0.25, 0.3) is 0 Å². The van der Waals surface area contributed by atoms with E-state index in [1.54, 1.807) is 0 Å². The molecule has 3 aliphatic heterocycles. The third-order valence-corrected chi connectivity index (χ3v) is 6.65. The first-order valence-electron chi connectivity index (χ1n) is 13.8. The van der Waals surface area contributed by atoms with Gasteiger partial charge in [0.1, 0.15) is 54.3 Å². The summed E-state index contributed by atoms with van der Waals surface area (Å²) in [4.78, 5) is 13.4. The lowest BCUT2D eigenvalue weighted by Crippen LogP contribution is -2.05. The fourth-order valence-electron chi connectivity index (χ4n) is 4.79. The maximum absolute atomic E-state index is 6.42. The van der Waals surface area contributed by atoms with Crippen molar-refractivity contribution in [3.63, 3.8) is 0 Å². The topological polar surface area (TPSA) is 92.5 Å². The maximum Gasteiger partial charge on any atom is 0.220 e. The summed E-state index contributed by atoms with van der Waals surface area (Å²) in [6.45, 7) is 3.50. The molecule has 7 rings (SSSR count). The summed E-state index contributed by atoms with van der Waals surface area (Å²) in [6, 6.07) is 28.3. The highest BCUT2D eigenvalue weighted by molar-refractivity contribution is 5.99. The predicted molar refractivity (Wildman–Crippen MR) is 158 cm³/mol. The number of para-hydroxylation sites is 3. The van der Waals surface area contributed by atoms with Crippen molar-refractivity contribution in [2.24, 2.45) is 15.0 Å². The van der Waals surface area contributed by atoms with Crippen LogP contribution >= 0.6 is 0 Å². The smallest absolute Gasteiger partial charge is 0.220 e. The van der Waals surface area contributed by atoms with Gasteiger partial charge in [0, 0.05) is 18.2 Å². The molecule has 0 atom stereocenters. The molecule has 0 aromatic heterocycles. The highest BCUT2D eigenvalue weighted by Crippen LogP contribution is 2.38. The molecule has 210 valence electrons. The number of rotatable bonds is 9. The Labute approximate surface area is 242 Å². The van der Waals surface area contributed by atoms with E-state index in [4.69, 9.17) is 28.4 Å². The fraction of sp³-hybridized carbons (Fsp3) is 0.182. The third kappa shape index (κ3) is 5.49. The Hall–Kier alpha value is -5.31. The molecule has 0 amide bonds. The molecule has 0 saturated carbocycles. The van der Waals surface area contributed by atoms with Crippen LogP contribution in [0.3, 0.4) is 0 Å². The molecule has 42 heavy (non-hydrogen) atoms. The van der Waals surface area contributed by atoms with E-state index in [9.17, 15) is 0 Å². The molecular formula is C33H27N3O6. The standard InChI is InChI=1S/C33H27N3O6/c1-4-10-28(25(7-1)31-34-13-16-37-31)40-22-19-23(41-29-11-5-2-8-26(29)32-35-14-17-38-32)21-24(20-22)42-30-12-6-3-9-27(30)33-36-15-18-39-33/h1-12,19-21H,13-18H2. The van der Waals surface area contributed by atoms with E-state index in [1.165, 1.54) is 0 Å². The second kappa shape index (κ2) is 11.7. The Bertz CT molecular complexity index is 1500. The van der Waals surface area contributed by atoms with Crippen molar-refractivity contribution in [1.29, 1.82) is 0 Å². The van der Waals surface area contributed by atoms with Crippen LogP contribution in [0.4, 0.5) is 0 Å². The van der Waals surface area contributed by atoms with E-state index in [-0.39, 0.29) is 0 Å². The zero-order chi connectivity index (χ0) is 28.1. The summed E-state index contributed by atoms with van der Waals surface area (Å²) >= 11 is 0. The molecule has 9 nitrogen and oxygen atoms in total. The minimum atomic E-state index is 0.507. The average Bonchev–Trinajstić information content (AvgIpc) is 3.83. The van der Waals surface area contributed by atoms with Crippen molar-refractivity contribution >= 4 is 17.7 Å². The van der Waals surface area contributed by atoms with Crippen molar-refractivity contribution < 1.29 is 28.4 Å². The van der Waals surface area contributed by atoms with Gasteiger partial charge in [0.25, 0.3) is 0 Å². The van der Waals surface area contributed by atoms with E-state index >= 15 is 0 Å². The van der Waals surface area contributed by atoms with E-state index in [0.29, 0.717) is 91.6 Å². The zero-order valence-electron chi connectivity index (χ0n) is 22.7. The highest BCUT2D eigenvalue weighted by atomic mass is 16.5. The molecule has 4 aromatic carbocycles. The van der Waals surface area contributed by atoms with Gasteiger partial charge in [-0.3, -0.25) is 0 Å². The first-order chi connectivity index (χ1) is 20.8. The van der Waals surface area contributed by atoms with Crippen molar-refractivity contribution in [2.45, 2.75) is 0 Å². The Kier molecular flexibility index (Phi) is 7.12. The Morgan fingerprint density at radius 2 is 0.738 bits per heavy atom. The van der Waals surface area contributed by atoms with Crippen LogP contribution in [-0.4, -0.2) is 57.1 Å². The molecule has 0 radical (unpaired) electrons. The van der Waals surface area contributed by atoms with Crippen molar-refractivity contribution in [3.05, 3.63) is 108 Å². The Morgan fingerprint density at radius 1 is 0.429 bits per heavy atom. The summed E-state index contributed by atoms with van der Waals surface area (Å²) in [7, 11) is 0. The molecule has 0 bridgehead atoms. The molecule has 9 heteroatoms. The second-order valence-corrected chi connectivity index (χ2v) is 9.54. The predicted octanol–water partition coefficient (Wildman–Crippen LogP) is 6.39. The summed E-state index contributed by atoms with van der Waals surface area (Å²) < 4.78 is 36.4. The molecule has 0 aliphatic carbocycles. The molecular weight excluding hydrogens is 534 g/mol. The molecule has 0 unspecified atom stereocenters. The number of hydrogen-bond acceptors (Lipinski definition) is 9. The first-order valence-corrected chi connectivity index (χ1v) is 13.8. The van der Waals surface area contributed by atoms with Gasteiger partial charge in [0.15, 0.2) is 0 Å². The van der Waals surface area contributed by atoms with Gasteiger partial charge in [-0.05, 0) is 36.4 Å². The highest BCUT2D eigenvalue weighted by Gasteiger charge is 2.20. The Morgan fingerprint density at radius 3 is 1.02 bits per heavy atom. The zero-order valence-corrected chi connectivity index (χ0v) is 22.7. The molecule has 0 spiro atoms. The normalized spacial score (nSPS) is 15.6. The van der Waals surface area contributed by atoms with Gasteiger partial charge in [-0.15, -0.1) is 0 Å². The minimum absolute atomic E-state index is 0.507. The van der Waals surface area contributed by atoms with E-state index in [0.717, 1.165) is 16.7 Å². The van der Waals surface area contributed by atoms with Gasteiger partial charge in [-0.1, -0.05) is 36.4 Å². The lowest BCUT2D eigenvalue weighted by molar-refractivity contribution is 0.346. The van der Waals surface area contributed by atoms with Crippen molar-refractivity contribution in [2.75, 3.05) is 39.5 Å². The quantitative estimate of drug-likeness (QED) is 0.235. The summed E-state index contributed by atoms with van der Waals surface area (Å²) in [5.41, 5.74) is 2.31. The summed E-state index contributed by atoms with van der Waals surface area (Å²) in [6.07, 6.45) is 0. The molecule has 4 aromatic rings. The monoisotopic (exact) mass is 561 g/mol. The van der Waals surface area contributed by atoms with Crippen LogP contribution in [-0.2, 0) is 14.2 Å². The largest absolute Gasteiger partial charge is 0.475 e. The molecule has 3 heterocycles. The van der Waals surface area contributed by atoms with Gasteiger partial charge in [0.05, 0.1) is 36.3 Å². The van der Waals surface area contributed by atoms with Crippen LogP contribution in [0.5, 0.6) is 34.5 Å². The lowest BCUT2D eigenvalue weighted by Gasteiger charge is -2.16. The van der Waals surface area contributed by atoms with Gasteiger partial charge >= 0.3 is 0 Å². The van der Waals surface area contributed by atoms with Gasteiger partial charge in [-0.2, -0.15) is 0 Å². The summed E-state index contributed by atoms with van der Waals surface area (Å²) in [5, 5.41) is 0. The Balaban J connectivity index is 1.26. The number of benzene rings is 4. The molecule has 0 N–H and O–H groups in total. The van der Waals surface area contributed by atoms with Crippen molar-refractivity contribution in [3.8, 4) is 34.5 Å². The summed E-state index contributed by atoms with van der Waals surface area (Å²) in [5.74, 6) is 5.01. The maximum atomic E-state index is 6.42. The SMILES string of the molecule is c1ccc(C2=NCCO2)c(Oc2cc(Oc3ccccc3C3=NCCO3)cc(Oc3ccccc3C3=NCCO3)c2)c1. The van der Waals surface area contributed by atoms with Crippen LogP contribution < -0.4 is 14.2 Å².